The SMILES string of the molecule is C=C(CC)CC(NN)c1cc(F)cc(Br)c1. The molecule has 1 atom stereocenters. The average molecular weight is 287 g/mol. The van der Waals surface area contributed by atoms with E-state index in [1.54, 1.807) is 0 Å². The molecule has 0 saturated carbocycles. The van der Waals surface area contributed by atoms with Crippen LogP contribution in [-0.4, -0.2) is 0 Å². The molecule has 0 bridgehead atoms. The van der Waals surface area contributed by atoms with E-state index in [0.717, 1.165) is 17.6 Å². The minimum absolute atomic E-state index is 0.0977. The van der Waals surface area contributed by atoms with Crippen LogP contribution in [0.4, 0.5) is 4.39 Å². The minimum atomic E-state index is -0.272. The fraction of sp³-hybridized carbons (Fsp3) is 0.333. The number of halogens is 2. The Labute approximate surface area is 104 Å². The molecule has 0 aromatic heterocycles. The average Bonchev–Trinajstić information content (AvgIpc) is 2.24. The second kappa shape index (κ2) is 6.13. The van der Waals surface area contributed by atoms with E-state index in [1.165, 1.54) is 12.1 Å². The normalized spacial score (nSPS) is 12.5. The molecule has 0 radical (unpaired) electrons. The molecule has 0 saturated heterocycles. The number of rotatable bonds is 5. The van der Waals surface area contributed by atoms with Gasteiger partial charge >= 0.3 is 0 Å². The van der Waals surface area contributed by atoms with Crippen molar-refractivity contribution in [1.82, 2.24) is 5.43 Å². The summed E-state index contributed by atoms with van der Waals surface area (Å²) in [7, 11) is 0. The zero-order valence-corrected chi connectivity index (χ0v) is 10.8. The summed E-state index contributed by atoms with van der Waals surface area (Å²) in [6, 6.07) is 4.67. The van der Waals surface area contributed by atoms with Gasteiger partial charge in [-0.2, -0.15) is 0 Å². The van der Waals surface area contributed by atoms with Gasteiger partial charge in [0.25, 0.3) is 0 Å². The molecule has 1 aromatic rings. The Morgan fingerprint density at radius 1 is 1.56 bits per heavy atom. The maximum atomic E-state index is 13.2. The lowest BCUT2D eigenvalue weighted by Crippen LogP contribution is -2.28. The van der Waals surface area contributed by atoms with E-state index < -0.39 is 0 Å². The predicted molar refractivity (Wildman–Crippen MR) is 68.2 cm³/mol. The third kappa shape index (κ3) is 3.70. The summed E-state index contributed by atoms with van der Waals surface area (Å²) in [5.41, 5.74) is 4.60. The molecule has 1 unspecified atom stereocenters. The fourth-order valence-corrected chi connectivity index (χ4v) is 1.97. The second-order valence-corrected chi connectivity index (χ2v) is 4.65. The molecular weight excluding hydrogens is 271 g/mol. The summed E-state index contributed by atoms with van der Waals surface area (Å²) < 4.78 is 13.9. The van der Waals surface area contributed by atoms with E-state index in [0.29, 0.717) is 10.9 Å². The van der Waals surface area contributed by atoms with Gasteiger partial charge in [0.1, 0.15) is 5.82 Å². The van der Waals surface area contributed by atoms with Gasteiger partial charge in [-0.3, -0.25) is 11.3 Å². The lowest BCUT2D eigenvalue weighted by atomic mass is 9.99. The quantitative estimate of drug-likeness (QED) is 0.494. The molecule has 16 heavy (non-hydrogen) atoms. The van der Waals surface area contributed by atoms with Gasteiger partial charge in [0.2, 0.25) is 0 Å². The van der Waals surface area contributed by atoms with Gasteiger partial charge in [0, 0.05) is 10.5 Å². The summed E-state index contributed by atoms with van der Waals surface area (Å²) in [4.78, 5) is 0. The molecule has 1 aromatic carbocycles. The van der Waals surface area contributed by atoms with E-state index in [2.05, 4.69) is 27.9 Å². The Morgan fingerprint density at radius 3 is 2.75 bits per heavy atom. The molecule has 0 spiro atoms. The van der Waals surface area contributed by atoms with Crippen molar-refractivity contribution in [2.24, 2.45) is 5.84 Å². The topological polar surface area (TPSA) is 38.0 Å². The third-order valence-corrected chi connectivity index (χ3v) is 2.94. The van der Waals surface area contributed by atoms with Gasteiger partial charge in [-0.15, -0.1) is 0 Å². The van der Waals surface area contributed by atoms with Gasteiger partial charge in [0.05, 0.1) is 0 Å². The van der Waals surface area contributed by atoms with Gasteiger partial charge in [-0.25, -0.2) is 4.39 Å². The summed E-state index contributed by atoms with van der Waals surface area (Å²) in [6.07, 6.45) is 1.61. The number of hydrazine groups is 1. The van der Waals surface area contributed by atoms with Crippen LogP contribution in [0, 0.1) is 5.82 Å². The molecule has 1 rings (SSSR count). The molecule has 0 amide bonds. The minimum Gasteiger partial charge on any atom is -0.271 e. The first-order valence-electron chi connectivity index (χ1n) is 5.15. The molecule has 3 N–H and O–H groups in total. The first-order valence-corrected chi connectivity index (χ1v) is 5.95. The number of benzene rings is 1. The van der Waals surface area contributed by atoms with E-state index in [-0.39, 0.29) is 11.9 Å². The van der Waals surface area contributed by atoms with Crippen molar-refractivity contribution in [2.45, 2.75) is 25.8 Å². The monoisotopic (exact) mass is 286 g/mol. The van der Waals surface area contributed by atoms with Crippen LogP contribution in [0.2, 0.25) is 0 Å². The molecule has 0 aliphatic rings. The standard InChI is InChI=1S/C12H16BrFN2/c1-3-8(2)4-12(16-15)9-5-10(13)7-11(14)6-9/h5-7,12,16H,2-4,15H2,1H3. The summed E-state index contributed by atoms with van der Waals surface area (Å²) in [6.45, 7) is 5.97. The number of hydrogen-bond donors (Lipinski definition) is 2. The molecule has 0 aliphatic heterocycles. The van der Waals surface area contributed by atoms with Crippen LogP contribution in [0.15, 0.2) is 34.8 Å². The highest BCUT2D eigenvalue weighted by Gasteiger charge is 2.12. The molecule has 0 fully saturated rings. The first-order chi connectivity index (χ1) is 7.56. The molecular formula is C12H16BrFN2. The maximum Gasteiger partial charge on any atom is 0.124 e. The van der Waals surface area contributed by atoms with E-state index in [4.69, 9.17) is 5.84 Å². The van der Waals surface area contributed by atoms with Gasteiger partial charge in [-0.05, 0) is 36.6 Å². The van der Waals surface area contributed by atoms with E-state index in [1.807, 2.05) is 13.0 Å². The van der Waals surface area contributed by atoms with Crippen LogP contribution in [0.3, 0.4) is 0 Å². The summed E-state index contributed by atoms with van der Waals surface area (Å²) in [5, 5.41) is 0. The Morgan fingerprint density at radius 2 is 2.25 bits per heavy atom. The van der Waals surface area contributed by atoms with Gasteiger partial charge in [0.15, 0.2) is 0 Å². The number of nitrogens with two attached hydrogens (primary N) is 1. The zero-order chi connectivity index (χ0) is 12.1. The van der Waals surface area contributed by atoms with Crippen molar-refractivity contribution in [3.63, 3.8) is 0 Å². The Bertz CT molecular complexity index is 359. The van der Waals surface area contributed by atoms with Crippen molar-refractivity contribution < 1.29 is 4.39 Å². The van der Waals surface area contributed by atoms with Crippen LogP contribution in [-0.2, 0) is 0 Å². The zero-order valence-electron chi connectivity index (χ0n) is 9.26. The molecule has 88 valence electrons. The van der Waals surface area contributed by atoms with Crippen molar-refractivity contribution in [3.05, 3.63) is 46.2 Å². The summed E-state index contributed by atoms with van der Waals surface area (Å²) >= 11 is 3.26. The number of nitrogens with one attached hydrogen (secondary N) is 1. The van der Waals surface area contributed by atoms with Crippen LogP contribution in [0.25, 0.3) is 0 Å². The van der Waals surface area contributed by atoms with Crippen molar-refractivity contribution >= 4 is 15.9 Å². The Hall–Kier alpha value is -0.710. The molecule has 0 aliphatic carbocycles. The van der Waals surface area contributed by atoms with Crippen LogP contribution < -0.4 is 11.3 Å². The van der Waals surface area contributed by atoms with Crippen LogP contribution >= 0.6 is 15.9 Å². The van der Waals surface area contributed by atoms with Gasteiger partial charge in [-0.1, -0.05) is 35.0 Å². The number of hydrogen-bond acceptors (Lipinski definition) is 2. The van der Waals surface area contributed by atoms with Crippen molar-refractivity contribution in [3.8, 4) is 0 Å². The fourth-order valence-electron chi connectivity index (χ4n) is 1.48. The Balaban J connectivity index is 2.90. The van der Waals surface area contributed by atoms with Gasteiger partial charge < -0.3 is 0 Å². The Kier molecular flexibility index (Phi) is 5.12. The van der Waals surface area contributed by atoms with E-state index in [9.17, 15) is 4.39 Å². The second-order valence-electron chi connectivity index (χ2n) is 3.73. The lowest BCUT2D eigenvalue weighted by Gasteiger charge is -2.17. The first kappa shape index (κ1) is 13.4. The predicted octanol–water partition coefficient (Wildman–Crippen LogP) is 3.45. The maximum absolute atomic E-state index is 13.2. The largest absolute Gasteiger partial charge is 0.271 e. The van der Waals surface area contributed by atoms with Crippen LogP contribution in [0.5, 0.6) is 0 Å². The van der Waals surface area contributed by atoms with E-state index >= 15 is 0 Å². The molecule has 4 heteroatoms. The molecule has 0 heterocycles. The van der Waals surface area contributed by atoms with Crippen LogP contribution in [0.1, 0.15) is 31.4 Å². The highest BCUT2D eigenvalue weighted by atomic mass is 79.9. The summed E-state index contributed by atoms with van der Waals surface area (Å²) in [5.74, 6) is 5.21. The molecule has 2 nitrogen and oxygen atoms in total. The highest BCUT2D eigenvalue weighted by Crippen LogP contribution is 2.24. The van der Waals surface area contributed by atoms with Crippen molar-refractivity contribution in [1.29, 1.82) is 0 Å². The highest BCUT2D eigenvalue weighted by molar-refractivity contribution is 9.10. The smallest absolute Gasteiger partial charge is 0.124 e. The third-order valence-electron chi connectivity index (χ3n) is 2.48. The van der Waals surface area contributed by atoms with Crippen molar-refractivity contribution in [2.75, 3.05) is 0 Å². The lowest BCUT2D eigenvalue weighted by molar-refractivity contribution is 0.537.